The average molecular weight is 227 g/mol. The summed E-state index contributed by atoms with van der Waals surface area (Å²) < 4.78 is 1.19. The number of hydrogen-bond acceptors (Lipinski definition) is 0. The van der Waals surface area contributed by atoms with E-state index in [2.05, 4.69) is 61.8 Å². The summed E-state index contributed by atoms with van der Waals surface area (Å²) in [4.78, 5) is 0. The summed E-state index contributed by atoms with van der Waals surface area (Å²) in [6.45, 7) is 8.82. The molecule has 0 heterocycles. The van der Waals surface area contributed by atoms with Gasteiger partial charge in [-0.25, -0.2) is 0 Å². The number of hydrogen-bond donors (Lipinski definition) is 0. The van der Waals surface area contributed by atoms with Crippen molar-refractivity contribution in [2.24, 2.45) is 0 Å². The Balaban J connectivity index is 3.14. The molecule has 0 radical (unpaired) electrons. The van der Waals surface area contributed by atoms with E-state index < -0.39 is 0 Å². The van der Waals surface area contributed by atoms with Crippen molar-refractivity contribution in [3.05, 3.63) is 33.8 Å². The Morgan fingerprint density at radius 1 is 1.17 bits per heavy atom. The van der Waals surface area contributed by atoms with Gasteiger partial charge in [0.1, 0.15) is 0 Å². The van der Waals surface area contributed by atoms with Gasteiger partial charge in [-0.3, -0.25) is 0 Å². The van der Waals surface area contributed by atoms with Crippen molar-refractivity contribution in [2.45, 2.75) is 33.1 Å². The van der Waals surface area contributed by atoms with Crippen molar-refractivity contribution in [2.75, 3.05) is 0 Å². The van der Waals surface area contributed by atoms with Crippen LogP contribution in [0, 0.1) is 6.92 Å². The fraction of sp³-hybridized carbons (Fsp3) is 0.455. The van der Waals surface area contributed by atoms with Crippen LogP contribution in [0.5, 0.6) is 0 Å². The van der Waals surface area contributed by atoms with Gasteiger partial charge in [0.05, 0.1) is 0 Å². The molecule has 1 heteroatoms. The highest BCUT2D eigenvalue weighted by atomic mass is 79.9. The zero-order valence-corrected chi connectivity index (χ0v) is 9.70. The van der Waals surface area contributed by atoms with Crippen molar-refractivity contribution < 1.29 is 0 Å². The molecule has 0 saturated heterocycles. The summed E-state index contributed by atoms with van der Waals surface area (Å²) in [5, 5.41) is 0. The lowest BCUT2D eigenvalue weighted by atomic mass is 9.86. The van der Waals surface area contributed by atoms with Gasteiger partial charge in [-0.05, 0) is 29.5 Å². The van der Waals surface area contributed by atoms with Crippen LogP contribution in [0.25, 0.3) is 0 Å². The largest absolute Gasteiger partial charge is 0.0574 e. The highest BCUT2D eigenvalue weighted by Crippen LogP contribution is 2.26. The molecule has 0 amide bonds. The lowest BCUT2D eigenvalue weighted by Gasteiger charge is -2.19. The Kier molecular flexibility index (Phi) is 2.62. The smallest absolute Gasteiger partial charge is 0.0204 e. The molecule has 0 aliphatic rings. The Morgan fingerprint density at radius 2 is 1.75 bits per heavy atom. The molecule has 0 aliphatic carbocycles. The SMILES string of the molecule is Cc1cc(C(C)(C)C)ccc1Br. The van der Waals surface area contributed by atoms with Crippen LogP contribution < -0.4 is 0 Å². The lowest BCUT2D eigenvalue weighted by Crippen LogP contribution is -2.10. The summed E-state index contributed by atoms with van der Waals surface area (Å²) in [5.74, 6) is 0. The van der Waals surface area contributed by atoms with Crippen LogP contribution in [0.15, 0.2) is 22.7 Å². The van der Waals surface area contributed by atoms with Gasteiger partial charge >= 0.3 is 0 Å². The molecule has 0 spiro atoms. The Bertz CT molecular complexity index is 282. The van der Waals surface area contributed by atoms with Crippen LogP contribution in [0.4, 0.5) is 0 Å². The topological polar surface area (TPSA) is 0 Å². The minimum absolute atomic E-state index is 0.255. The number of aryl methyl sites for hydroxylation is 1. The molecule has 0 fully saturated rings. The summed E-state index contributed by atoms with van der Waals surface area (Å²) in [5.41, 5.74) is 2.96. The third kappa shape index (κ3) is 2.10. The normalized spacial score (nSPS) is 11.8. The number of rotatable bonds is 0. The molecule has 0 aliphatic heterocycles. The average Bonchev–Trinajstić information content (AvgIpc) is 1.92. The van der Waals surface area contributed by atoms with Crippen LogP contribution >= 0.6 is 15.9 Å². The monoisotopic (exact) mass is 226 g/mol. The van der Waals surface area contributed by atoms with Gasteiger partial charge in [0.25, 0.3) is 0 Å². The van der Waals surface area contributed by atoms with E-state index in [0.717, 1.165) is 0 Å². The van der Waals surface area contributed by atoms with E-state index >= 15 is 0 Å². The van der Waals surface area contributed by atoms with Crippen LogP contribution in [0.3, 0.4) is 0 Å². The highest BCUT2D eigenvalue weighted by Gasteiger charge is 2.13. The predicted molar refractivity (Wildman–Crippen MR) is 57.6 cm³/mol. The second-order valence-electron chi connectivity index (χ2n) is 4.21. The Morgan fingerprint density at radius 3 is 2.17 bits per heavy atom. The van der Waals surface area contributed by atoms with Gasteiger partial charge in [-0.1, -0.05) is 48.8 Å². The Labute approximate surface area is 83.1 Å². The Hall–Kier alpha value is -0.300. The summed E-state index contributed by atoms with van der Waals surface area (Å²) >= 11 is 3.50. The zero-order valence-electron chi connectivity index (χ0n) is 8.11. The van der Waals surface area contributed by atoms with Gasteiger partial charge in [0, 0.05) is 4.47 Å². The fourth-order valence-corrected chi connectivity index (χ4v) is 1.36. The molecule has 0 nitrogen and oxygen atoms in total. The first-order chi connectivity index (χ1) is 5.41. The highest BCUT2D eigenvalue weighted by molar-refractivity contribution is 9.10. The molecule has 0 unspecified atom stereocenters. The van der Waals surface area contributed by atoms with Gasteiger partial charge in [0.2, 0.25) is 0 Å². The molecule has 0 atom stereocenters. The minimum atomic E-state index is 0.255. The maximum absolute atomic E-state index is 3.50. The summed E-state index contributed by atoms with van der Waals surface area (Å²) in [7, 11) is 0. The maximum atomic E-state index is 3.50. The molecule has 0 N–H and O–H groups in total. The van der Waals surface area contributed by atoms with E-state index in [1.807, 2.05) is 0 Å². The summed E-state index contributed by atoms with van der Waals surface area (Å²) in [6.07, 6.45) is 0. The quantitative estimate of drug-likeness (QED) is 0.627. The molecule has 1 rings (SSSR count). The first-order valence-corrected chi connectivity index (χ1v) is 4.97. The molecule has 0 bridgehead atoms. The second kappa shape index (κ2) is 3.21. The third-order valence-corrected chi connectivity index (χ3v) is 2.91. The van der Waals surface area contributed by atoms with Crippen LogP contribution in [0.1, 0.15) is 31.9 Å². The molecule has 12 heavy (non-hydrogen) atoms. The van der Waals surface area contributed by atoms with Gasteiger partial charge in [0.15, 0.2) is 0 Å². The second-order valence-corrected chi connectivity index (χ2v) is 5.07. The summed E-state index contributed by atoms with van der Waals surface area (Å²) in [6, 6.07) is 6.54. The predicted octanol–water partition coefficient (Wildman–Crippen LogP) is 4.06. The van der Waals surface area contributed by atoms with E-state index in [1.54, 1.807) is 0 Å². The van der Waals surface area contributed by atoms with E-state index in [1.165, 1.54) is 15.6 Å². The molecular weight excluding hydrogens is 212 g/mol. The van der Waals surface area contributed by atoms with Crippen molar-refractivity contribution in [1.29, 1.82) is 0 Å². The molecule has 1 aromatic carbocycles. The first-order valence-electron chi connectivity index (χ1n) is 4.18. The van der Waals surface area contributed by atoms with Gasteiger partial charge < -0.3 is 0 Å². The van der Waals surface area contributed by atoms with E-state index in [4.69, 9.17) is 0 Å². The maximum Gasteiger partial charge on any atom is 0.0204 e. The molecule has 0 saturated carbocycles. The number of benzene rings is 1. The van der Waals surface area contributed by atoms with Crippen LogP contribution in [0.2, 0.25) is 0 Å². The van der Waals surface area contributed by atoms with Crippen molar-refractivity contribution in [3.8, 4) is 0 Å². The van der Waals surface area contributed by atoms with Crippen molar-refractivity contribution in [3.63, 3.8) is 0 Å². The van der Waals surface area contributed by atoms with Gasteiger partial charge in [-0.15, -0.1) is 0 Å². The van der Waals surface area contributed by atoms with E-state index in [-0.39, 0.29) is 5.41 Å². The fourth-order valence-electron chi connectivity index (χ4n) is 1.11. The van der Waals surface area contributed by atoms with E-state index in [0.29, 0.717) is 0 Å². The number of halogens is 1. The zero-order chi connectivity index (χ0) is 9.35. The minimum Gasteiger partial charge on any atom is -0.0574 e. The molecule has 66 valence electrons. The standard InChI is InChI=1S/C11H15Br/c1-8-7-9(11(2,3)4)5-6-10(8)12/h5-7H,1-4H3. The first kappa shape index (κ1) is 9.79. The third-order valence-electron chi connectivity index (χ3n) is 2.02. The van der Waals surface area contributed by atoms with Gasteiger partial charge in [-0.2, -0.15) is 0 Å². The van der Waals surface area contributed by atoms with Crippen molar-refractivity contribution in [1.82, 2.24) is 0 Å². The molecular formula is C11H15Br. The molecule has 0 aromatic heterocycles. The van der Waals surface area contributed by atoms with Crippen LogP contribution in [-0.4, -0.2) is 0 Å². The van der Waals surface area contributed by atoms with E-state index in [9.17, 15) is 0 Å². The molecule has 1 aromatic rings. The van der Waals surface area contributed by atoms with Crippen LogP contribution in [-0.2, 0) is 5.41 Å². The lowest BCUT2D eigenvalue weighted by molar-refractivity contribution is 0.589. The van der Waals surface area contributed by atoms with Crippen molar-refractivity contribution >= 4 is 15.9 Å².